The van der Waals surface area contributed by atoms with Gasteiger partial charge in [-0.15, -0.1) is 0 Å². The molecule has 0 aromatic heterocycles. The van der Waals surface area contributed by atoms with E-state index in [1.807, 2.05) is 0 Å². The van der Waals surface area contributed by atoms with Crippen molar-refractivity contribution in [2.75, 3.05) is 11.5 Å². The average molecular weight is 318 g/mol. The van der Waals surface area contributed by atoms with Gasteiger partial charge in [0.2, 0.25) is 0 Å². The zero-order chi connectivity index (χ0) is 14.6. The zero-order valence-corrected chi connectivity index (χ0v) is 10.6. The van der Waals surface area contributed by atoms with Crippen molar-refractivity contribution in [3.63, 3.8) is 0 Å². The van der Waals surface area contributed by atoms with Crippen LogP contribution in [-0.4, -0.2) is 47.5 Å². The Bertz CT molecular complexity index is 403. The first kappa shape index (κ1) is 17.5. The van der Waals surface area contributed by atoms with Crippen LogP contribution in [0.1, 0.15) is 6.92 Å². The molecular formula is C6H10F4O6S2. The second-order valence-corrected chi connectivity index (χ2v) is 6.27. The van der Waals surface area contributed by atoms with Gasteiger partial charge in [0.15, 0.2) is 6.29 Å². The summed E-state index contributed by atoms with van der Waals surface area (Å²) in [4.78, 5) is 0. The highest BCUT2D eigenvalue weighted by molar-refractivity contribution is 7.87. The third-order valence-corrected chi connectivity index (χ3v) is 3.67. The highest BCUT2D eigenvalue weighted by Crippen LogP contribution is 2.10. The van der Waals surface area contributed by atoms with Gasteiger partial charge in [0.05, 0.1) is 0 Å². The fourth-order valence-corrected chi connectivity index (χ4v) is 2.54. The molecule has 18 heavy (non-hydrogen) atoms. The van der Waals surface area contributed by atoms with E-state index in [4.69, 9.17) is 0 Å². The number of hydrogen-bond acceptors (Lipinski definition) is 6. The van der Waals surface area contributed by atoms with Crippen molar-refractivity contribution in [1.29, 1.82) is 0 Å². The van der Waals surface area contributed by atoms with E-state index in [1.54, 1.807) is 0 Å². The standard InChI is InChI=1S/C6H10F4O6S2/c1-4(15-17(11,12)2-5(7)8)16-18(13,14)3-6(9)10/h4-6H,2-3H2,1H3. The van der Waals surface area contributed by atoms with E-state index in [0.717, 1.165) is 6.92 Å². The summed E-state index contributed by atoms with van der Waals surface area (Å²) in [5, 5.41) is 0. The molecule has 0 aromatic rings. The molecule has 0 amide bonds. The van der Waals surface area contributed by atoms with Gasteiger partial charge in [-0.25, -0.2) is 25.9 Å². The molecule has 0 aliphatic heterocycles. The quantitative estimate of drug-likeness (QED) is 0.369. The molecule has 0 rings (SSSR count). The van der Waals surface area contributed by atoms with Gasteiger partial charge in [-0.2, -0.15) is 16.8 Å². The van der Waals surface area contributed by atoms with Crippen LogP contribution in [0.25, 0.3) is 0 Å². The van der Waals surface area contributed by atoms with Crippen LogP contribution in [0.2, 0.25) is 0 Å². The molecule has 0 aliphatic carbocycles. The van der Waals surface area contributed by atoms with E-state index in [1.165, 1.54) is 0 Å². The van der Waals surface area contributed by atoms with Crippen LogP contribution in [0.4, 0.5) is 17.6 Å². The molecule has 12 heteroatoms. The first-order chi connectivity index (χ1) is 7.93. The van der Waals surface area contributed by atoms with Crippen LogP contribution in [0, 0.1) is 0 Å². The summed E-state index contributed by atoms with van der Waals surface area (Å²) in [6, 6.07) is 0. The SMILES string of the molecule is CC(OS(=O)(=O)CC(F)F)OS(=O)(=O)CC(F)F. The molecule has 0 heterocycles. The minimum atomic E-state index is -4.71. The fourth-order valence-electron chi connectivity index (χ4n) is 0.816. The molecule has 6 nitrogen and oxygen atoms in total. The van der Waals surface area contributed by atoms with Crippen molar-refractivity contribution >= 4 is 20.2 Å². The maximum absolute atomic E-state index is 11.8. The Hall–Kier alpha value is -0.460. The van der Waals surface area contributed by atoms with Gasteiger partial charge in [0, 0.05) is 0 Å². The fraction of sp³-hybridized carbons (Fsp3) is 1.00. The van der Waals surface area contributed by atoms with Crippen molar-refractivity contribution in [3.8, 4) is 0 Å². The largest absolute Gasteiger partial charge is 0.275 e. The van der Waals surface area contributed by atoms with Crippen molar-refractivity contribution < 1.29 is 42.8 Å². The lowest BCUT2D eigenvalue weighted by atomic mass is 10.8. The molecule has 0 spiro atoms. The third-order valence-electron chi connectivity index (χ3n) is 1.22. The normalized spacial score (nSPS) is 13.8. The topological polar surface area (TPSA) is 86.7 Å². The Labute approximate surface area is 101 Å². The Morgan fingerprint density at radius 1 is 0.833 bits per heavy atom. The number of alkyl halides is 4. The van der Waals surface area contributed by atoms with E-state index in [2.05, 4.69) is 8.37 Å². The van der Waals surface area contributed by atoms with Crippen LogP contribution < -0.4 is 0 Å². The second-order valence-electron chi connectivity index (χ2n) is 2.99. The monoisotopic (exact) mass is 318 g/mol. The highest BCUT2D eigenvalue weighted by atomic mass is 32.2. The van der Waals surface area contributed by atoms with Gasteiger partial charge >= 0.3 is 0 Å². The Balaban J connectivity index is 4.48. The molecule has 0 radical (unpaired) electrons. The van der Waals surface area contributed by atoms with Gasteiger partial charge in [-0.3, -0.25) is 0 Å². The van der Waals surface area contributed by atoms with Crippen molar-refractivity contribution in [3.05, 3.63) is 0 Å². The zero-order valence-electron chi connectivity index (χ0n) is 8.92. The van der Waals surface area contributed by atoms with E-state index in [-0.39, 0.29) is 0 Å². The van der Waals surface area contributed by atoms with Crippen LogP contribution in [0.5, 0.6) is 0 Å². The van der Waals surface area contributed by atoms with Gasteiger partial charge in [0.1, 0.15) is 11.5 Å². The predicted molar refractivity (Wildman–Crippen MR) is 51.2 cm³/mol. The van der Waals surface area contributed by atoms with Crippen LogP contribution in [-0.2, 0) is 28.6 Å². The number of halogens is 4. The van der Waals surface area contributed by atoms with Crippen LogP contribution in [0.3, 0.4) is 0 Å². The molecule has 0 unspecified atom stereocenters. The predicted octanol–water partition coefficient (Wildman–Crippen LogP) is 0.555. The van der Waals surface area contributed by atoms with Gasteiger partial charge in [-0.05, 0) is 6.92 Å². The summed E-state index contributed by atoms with van der Waals surface area (Å²) in [6.45, 7) is 0.756. The second kappa shape index (κ2) is 6.63. The number of hydrogen-bond donors (Lipinski definition) is 0. The maximum atomic E-state index is 11.8. The lowest BCUT2D eigenvalue weighted by Crippen LogP contribution is -2.27. The summed E-state index contributed by atoms with van der Waals surface area (Å²) in [5.74, 6) is -3.31. The molecule has 0 bridgehead atoms. The van der Waals surface area contributed by atoms with E-state index in [0.29, 0.717) is 0 Å². The van der Waals surface area contributed by atoms with Crippen molar-refractivity contribution in [2.45, 2.75) is 26.1 Å². The van der Waals surface area contributed by atoms with Crippen molar-refractivity contribution in [2.24, 2.45) is 0 Å². The van der Waals surface area contributed by atoms with Crippen molar-refractivity contribution in [1.82, 2.24) is 0 Å². The minimum Gasteiger partial charge on any atom is -0.237 e. The van der Waals surface area contributed by atoms with Gasteiger partial charge in [-0.1, -0.05) is 0 Å². The maximum Gasteiger partial charge on any atom is 0.275 e. The third kappa shape index (κ3) is 8.60. The highest BCUT2D eigenvalue weighted by Gasteiger charge is 2.27. The lowest BCUT2D eigenvalue weighted by molar-refractivity contribution is 0.0305. The van der Waals surface area contributed by atoms with Crippen LogP contribution >= 0.6 is 0 Å². The molecule has 0 fully saturated rings. The molecule has 0 atom stereocenters. The van der Waals surface area contributed by atoms with E-state index >= 15 is 0 Å². The molecule has 110 valence electrons. The molecule has 0 aliphatic rings. The number of rotatable bonds is 8. The first-order valence-electron chi connectivity index (χ1n) is 4.32. The van der Waals surface area contributed by atoms with E-state index in [9.17, 15) is 34.4 Å². The summed E-state index contributed by atoms with van der Waals surface area (Å²) >= 11 is 0. The summed E-state index contributed by atoms with van der Waals surface area (Å²) in [7, 11) is -9.42. The molecule has 0 aromatic carbocycles. The Kier molecular flexibility index (Phi) is 6.46. The van der Waals surface area contributed by atoms with E-state index < -0.39 is 50.9 Å². The summed E-state index contributed by atoms with van der Waals surface area (Å²) in [5.41, 5.74) is 0. The summed E-state index contributed by atoms with van der Waals surface area (Å²) < 4.78 is 98.3. The minimum absolute atomic E-state index is 0.756. The smallest absolute Gasteiger partial charge is 0.237 e. The Morgan fingerprint density at radius 2 is 1.11 bits per heavy atom. The molecular weight excluding hydrogens is 308 g/mol. The van der Waals surface area contributed by atoms with Crippen LogP contribution in [0.15, 0.2) is 0 Å². The molecule has 0 saturated heterocycles. The first-order valence-corrected chi connectivity index (χ1v) is 7.47. The average Bonchev–Trinajstić information content (AvgIpc) is 1.92. The summed E-state index contributed by atoms with van der Waals surface area (Å²) in [6.07, 6.45) is -8.45. The van der Waals surface area contributed by atoms with Gasteiger partial charge in [0.25, 0.3) is 33.1 Å². The Morgan fingerprint density at radius 3 is 1.33 bits per heavy atom. The lowest BCUT2D eigenvalue weighted by Gasteiger charge is -2.13. The molecule has 0 saturated carbocycles. The molecule has 0 N–H and O–H groups in total. The van der Waals surface area contributed by atoms with Gasteiger partial charge < -0.3 is 0 Å².